The van der Waals surface area contributed by atoms with Crippen LogP contribution in [-0.4, -0.2) is 16.9 Å². The molecule has 27 heavy (non-hydrogen) atoms. The molecule has 148 valence electrons. The topological polar surface area (TPSA) is 82.1 Å². The van der Waals surface area contributed by atoms with Crippen LogP contribution in [0.5, 0.6) is 5.95 Å². The van der Waals surface area contributed by atoms with Gasteiger partial charge in [0.2, 0.25) is 5.91 Å². The first-order chi connectivity index (χ1) is 12.4. The van der Waals surface area contributed by atoms with Crippen LogP contribution in [0.15, 0.2) is 9.55 Å². The second-order valence-corrected chi connectivity index (χ2v) is 6.02. The highest BCUT2D eigenvalue weighted by molar-refractivity contribution is 7.99. The van der Waals surface area contributed by atoms with E-state index in [0.29, 0.717) is 0 Å². The Morgan fingerprint density at radius 1 is 1.19 bits per heavy atom. The minimum Gasteiger partial charge on any atom is -0.538 e. The molecule has 0 atom stereocenters. The summed E-state index contributed by atoms with van der Waals surface area (Å²) in [6, 6.07) is 0. The van der Waals surface area contributed by atoms with Crippen molar-refractivity contribution < 1.29 is 49.8 Å². The van der Waals surface area contributed by atoms with Gasteiger partial charge in [0.1, 0.15) is 11.3 Å². The molecular weight excluding hydrogens is 411 g/mol. The van der Waals surface area contributed by atoms with Crippen molar-refractivity contribution in [3.8, 4) is 5.95 Å². The lowest BCUT2D eigenvalue weighted by molar-refractivity contribution is -0.772. The lowest BCUT2D eigenvalue weighted by atomic mass is 10.1. The molecule has 0 saturated carbocycles. The molecule has 6 nitrogen and oxygen atoms in total. The number of rotatable bonds is 5. The standard InChI is InChI=1S/C13H8F7N3O3S/c1-23-11(12(25)26-22-23)27-3-2-4(24)21-10-8(16)6(14)5(13(18,19)20)7(15)9(10)17/h2-3H2,1H3,(H-,21,22,24,25). The minimum atomic E-state index is -5.68. The predicted octanol–water partition coefficient (Wildman–Crippen LogP) is 2.27. The Bertz CT molecular complexity index is 837. The van der Waals surface area contributed by atoms with Crippen molar-refractivity contribution in [1.29, 1.82) is 0 Å². The predicted molar refractivity (Wildman–Crippen MR) is 72.4 cm³/mol. The first kappa shape index (κ1) is 20.8. The Kier molecular flexibility index (Phi) is 5.87. The van der Waals surface area contributed by atoms with Crippen molar-refractivity contribution in [3.63, 3.8) is 0 Å². The van der Waals surface area contributed by atoms with Crippen LogP contribution in [0.2, 0.25) is 0 Å². The summed E-state index contributed by atoms with van der Waals surface area (Å²) in [5, 5.41) is 16.0. The molecule has 2 aromatic rings. The summed E-state index contributed by atoms with van der Waals surface area (Å²) in [7, 11) is 1.37. The third-order valence-electron chi connectivity index (χ3n) is 3.09. The third-order valence-corrected chi connectivity index (χ3v) is 4.21. The van der Waals surface area contributed by atoms with E-state index in [0.717, 1.165) is 16.4 Å². The van der Waals surface area contributed by atoms with Gasteiger partial charge in [-0.15, -0.1) is 0 Å². The zero-order chi connectivity index (χ0) is 20.5. The highest BCUT2D eigenvalue weighted by Crippen LogP contribution is 2.38. The summed E-state index contributed by atoms with van der Waals surface area (Å²) in [4.78, 5) is 11.7. The van der Waals surface area contributed by atoms with E-state index in [9.17, 15) is 40.6 Å². The molecule has 1 N–H and O–H groups in total. The van der Waals surface area contributed by atoms with Crippen molar-refractivity contribution >= 4 is 23.4 Å². The maximum atomic E-state index is 13.7. The highest BCUT2D eigenvalue weighted by Gasteiger charge is 2.42. The van der Waals surface area contributed by atoms with Gasteiger partial charge in [0.05, 0.1) is 5.27 Å². The van der Waals surface area contributed by atoms with Crippen LogP contribution in [0.4, 0.5) is 36.4 Å². The maximum Gasteiger partial charge on any atom is 0.422 e. The van der Waals surface area contributed by atoms with Crippen molar-refractivity contribution in [2.75, 3.05) is 11.1 Å². The van der Waals surface area contributed by atoms with E-state index in [1.54, 1.807) is 0 Å². The van der Waals surface area contributed by atoms with Crippen molar-refractivity contribution in [3.05, 3.63) is 28.8 Å². The van der Waals surface area contributed by atoms with E-state index in [4.69, 9.17) is 0 Å². The Morgan fingerprint density at radius 2 is 1.74 bits per heavy atom. The van der Waals surface area contributed by atoms with Gasteiger partial charge in [-0.2, -0.15) is 13.2 Å². The summed E-state index contributed by atoms with van der Waals surface area (Å²) in [5.74, 6) is -12.2. The maximum absolute atomic E-state index is 13.7. The highest BCUT2D eigenvalue weighted by atomic mass is 32.2. The van der Waals surface area contributed by atoms with Crippen LogP contribution in [-0.2, 0) is 18.0 Å². The number of anilines is 1. The summed E-state index contributed by atoms with van der Waals surface area (Å²) in [5.41, 5.74) is -4.43. The lowest BCUT2D eigenvalue weighted by Gasteiger charge is -2.14. The number of carbonyl (C=O) groups excluding carboxylic acids is 1. The van der Waals surface area contributed by atoms with Crippen LogP contribution >= 0.6 is 11.8 Å². The van der Waals surface area contributed by atoms with E-state index in [1.807, 2.05) is 0 Å². The largest absolute Gasteiger partial charge is 0.538 e. The Hall–Kier alpha value is -2.51. The Labute approximate surface area is 149 Å². The number of carbonyl (C=O) groups is 1. The zero-order valence-corrected chi connectivity index (χ0v) is 13.9. The molecule has 0 fully saturated rings. The van der Waals surface area contributed by atoms with E-state index in [1.165, 1.54) is 12.4 Å². The number of hydrogen-bond donors (Lipinski definition) is 1. The molecule has 0 aliphatic rings. The molecule has 0 saturated heterocycles. The van der Waals surface area contributed by atoms with Gasteiger partial charge in [-0.3, -0.25) is 4.79 Å². The second kappa shape index (κ2) is 7.62. The number of nitrogens with one attached hydrogen (secondary N) is 1. The Morgan fingerprint density at radius 3 is 2.19 bits per heavy atom. The number of amides is 1. The number of nitrogens with zero attached hydrogens (tertiary/aromatic N) is 2. The van der Waals surface area contributed by atoms with Gasteiger partial charge in [-0.1, -0.05) is 16.4 Å². The normalized spacial score (nSPS) is 11.7. The monoisotopic (exact) mass is 419 g/mol. The summed E-state index contributed by atoms with van der Waals surface area (Å²) < 4.78 is 97.1. The minimum absolute atomic E-state index is 0.00628. The van der Waals surface area contributed by atoms with E-state index >= 15 is 0 Å². The van der Waals surface area contributed by atoms with Crippen molar-refractivity contribution in [2.24, 2.45) is 7.05 Å². The lowest BCUT2D eigenvalue weighted by Crippen LogP contribution is -2.32. The smallest absolute Gasteiger partial charge is 0.422 e. The van der Waals surface area contributed by atoms with Gasteiger partial charge in [0.25, 0.3) is 5.03 Å². The number of benzene rings is 1. The van der Waals surface area contributed by atoms with Crippen molar-refractivity contribution in [1.82, 2.24) is 5.27 Å². The Balaban J connectivity index is 2.14. The fourth-order valence-electron chi connectivity index (χ4n) is 1.89. The molecule has 2 rings (SSSR count). The molecule has 14 heteroatoms. The quantitative estimate of drug-likeness (QED) is 0.348. The van der Waals surface area contributed by atoms with Gasteiger partial charge in [-0.25, -0.2) is 17.6 Å². The average molecular weight is 419 g/mol. The molecular formula is C13H8F7N3O3S. The van der Waals surface area contributed by atoms with Gasteiger partial charge >= 0.3 is 6.18 Å². The van der Waals surface area contributed by atoms with E-state index < -0.39 is 59.0 Å². The van der Waals surface area contributed by atoms with Crippen LogP contribution < -0.4 is 15.1 Å². The van der Waals surface area contributed by atoms with Gasteiger partial charge in [0, 0.05) is 12.2 Å². The van der Waals surface area contributed by atoms with E-state index in [-0.39, 0.29) is 10.8 Å². The van der Waals surface area contributed by atoms with Crippen LogP contribution in [0, 0.1) is 23.3 Å². The molecule has 1 heterocycles. The SMILES string of the molecule is C[n+]1noc([O-])c1SCCC(=O)Nc1c(F)c(F)c(C(F)(F)F)c(F)c1F. The number of alkyl halides is 3. The van der Waals surface area contributed by atoms with Crippen molar-refractivity contribution in [2.45, 2.75) is 17.6 Å². The number of hydrogen-bond acceptors (Lipinski definition) is 5. The summed E-state index contributed by atoms with van der Waals surface area (Å²) in [6.45, 7) is 0. The average Bonchev–Trinajstić information content (AvgIpc) is 2.88. The molecule has 0 radical (unpaired) electrons. The molecule has 1 amide bonds. The van der Waals surface area contributed by atoms with Gasteiger partial charge < -0.3 is 14.9 Å². The number of halogens is 7. The molecule has 1 aromatic carbocycles. The summed E-state index contributed by atoms with van der Waals surface area (Å²) >= 11 is 0.789. The van der Waals surface area contributed by atoms with Crippen LogP contribution in [0.25, 0.3) is 0 Å². The molecule has 1 aromatic heterocycles. The molecule has 0 aliphatic heterocycles. The van der Waals surface area contributed by atoms with Gasteiger partial charge in [-0.05, 0) is 0 Å². The summed E-state index contributed by atoms with van der Waals surface area (Å²) in [6.07, 6.45) is -6.18. The fourth-order valence-corrected chi connectivity index (χ4v) is 2.75. The van der Waals surface area contributed by atoms with Crippen LogP contribution in [0.3, 0.4) is 0 Å². The zero-order valence-electron chi connectivity index (χ0n) is 13.1. The first-order valence-electron chi connectivity index (χ1n) is 6.83. The third kappa shape index (κ3) is 4.26. The first-order valence-corrected chi connectivity index (χ1v) is 7.82. The molecule has 0 bridgehead atoms. The van der Waals surface area contributed by atoms with Gasteiger partial charge in [0.15, 0.2) is 36.3 Å². The molecule has 0 spiro atoms. The second-order valence-electron chi connectivity index (χ2n) is 4.94. The number of aromatic nitrogens is 2. The molecule has 0 unspecified atom stereocenters. The van der Waals surface area contributed by atoms with E-state index in [2.05, 4.69) is 9.79 Å². The van der Waals surface area contributed by atoms with Crippen LogP contribution in [0.1, 0.15) is 12.0 Å². The number of aryl methyl sites for hydroxylation is 1. The fraction of sp³-hybridized carbons (Fsp3) is 0.308. The number of thioether (sulfide) groups is 1. The molecule has 0 aliphatic carbocycles.